The summed E-state index contributed by atoms with van der Waals surface area (Å²) in [4.78, 5) is 2.58. The molecule has 4 heteroatoms. The second-order valence-electron chi connectivity index (χ2n) is 4.82. The molecule has 0 unspecified atom stereocenters. The first-order valence-corrected chi connectivity index (χ1v) is 7.12. The average molecular weight is 305 g/mol. The maximum atomic E-state index is 5.91. The maximum Gasteiger partial charge on any atom is 0.106 e. The van der Waals surface area contributed by atoms with Crippen molar-refractivity contribution in [3.63, 3.8) is 0 Å². The van der Waals surface area contributed by atoms with Gasteiger partial charge in [-0.1, -0.05) is 48.1 Å². The molecule has 20 heavy (non-hydrogen) atoms. The number of thiocarbonyl (C=S) groups is 1. The summed E-state index contributed by atoms with van der Waals surface area (Å²) in [6, 6.07) is 13.9. The van der Waals surface area contributed by atoms with E-state index < -0.39 is 0 Å². The Hall–Kier alpha value is -1.58. The van der Waals surface area contributed by atoms with Gasteiger partial charge >= 0.3 is 0 Å². The summed E-state index contributed by atoms with van der Waals surface area (Å²) < 4.78 is 0. The van der Waals surface area contributed by atoms with Gasteiger partial charge in [0, 0.05) is 29.9 Å². The smallest absolute Gasteiger partial charge is 0.106 e. The number of aryl methyl sites for hydroxylation is 1. The van der Waals surface area contributed by atoms with Crippen LogP contribution in [0.1, 0.15) is 16.7 Å². The van der Waals surface area contributed by atoms with Gasteiger partial charge in [-0.2, -0.15) is 0 Å². The summed E-state index contributed by atoms with van der Waals surface area (Å²) in [6.07, 6.45) is 0. The molecule has 0 atom stereocenters. The molecule has 2 rings (SSSR count). The third-order valence-electron chi connectivity index (χ3n) is 3.22. The predicted octanol–water partition coefficient (Wildman–Crippen LogP) is 3.92. The van der Waals surface area contributed by atoms with Crippen molar-refractivity contribution >= 4 is 34.5 Å². The first kappa shape index (κ1) is 14.8. The molecular weight excluding hydrogens is 288 g/mol. The van der Waals surface area contributed by atoms with Crippen LogP contribution in [0.2, 0.25) is 5.02 Å². The number of para-hydroxylation sites is 1. The van der Waals surface area contributed by atoms with E-state index in [2.05, 4.69) is 17.9 Å². The van der Waals surface area contributed by atoms with Gasteiger partial charge in [-0.25, -0.2) is 0 Å². The normalized spacial score (nSPS) is 10.3. The summed E-state index contributed by atoms with van der Waals surface area (Å²) in [5.74, 6) is 0. The lowest BCUT2D eigenvalue weighted by Gasteiger charge is -2.24. The first-order valence-electron chi connectivity index (χ1n) is 6.34. The molecule has 0 fully saturated rings. The minimum absolute atomic E-state index is 0.423. The molecule has 0 bridgehead atoms. The summed E-state index contributed by atoms with van der Waals surface area (Å²) in [5, 5.41) is 0.746. The Balaban J connectivity index is 2.31. The Morgan fingerprint density at radius 2 is 1.85 bits per heavy atom. The van der Waals surface area contributed by atoms with Crippen LogP contribution in [-0.4, -0.2) is 12.0 Å². The molecular formula is C16H17ClN2S. The summed E-state index contributed by atoms with van der Waals surface area (Å²) in [6.45, 7) is 2.84. The maximum absolute atomic E-state index is 5.91. The number of benzene rings is 2. The number of hydrogen-bond donors (Lipinski definition) is 1. The molecule has 0 saturated carbocycles. The molecule has 0 radical (unpaired) electrons. The Kier molecular flexibility index (Phi) is 4.63. The highest BCUT2D eigenvalue weighted by molar-refractivity contribution is 7.80. The highest BCUT2D eigenvalue weighted by Crippen LogP contribution is 2.25. The second kappa shape index (κ2) is 6.25. The van der Waals surface area contributed by atoms with Crippen LogP contribution in [0.4, 0.5) is 5.69 Å². The van der Waals surface area contributed by atoms with Crippen molar-refractivity contribution < 1.29 is 0 Å². The summed E-state index contributed by atoms with van der Waals surface area (Å²) >= 11 is 11.1. The fourth-order valence-corrected chi connectivity index (χ4v) is 2.60. The van der Waals surface area contributed by atoms with Gasteiger partial charge in [0.15, 0.2) is 0 Å². The molecule has 2 aromatic carbocycles. The lowest BCUT2D eigenvalue weighted by atomic mass is 10.1. The van der Waals surface area contributed by atoms with E-state index >= 15 is 0 Å². The van der Waals surface area contributed by atoms with Gasteiger partial charge in [0.25, 0.3) is 0 Å². The fraction of sp³-hybridized carbons (Fsp3) is 0.188. The molecule has 0 heterocycles. The van der Waals surface area contributed by atoms with Crippen LogP contribution in [0.25, 0.3) is 0 Å². The van der Waals surface area contributed by atoms with E-state index in [1.807, 2.05) is 43.4 Å². The monoisotopic (exact) mass is 304 g/mol. The van der Waals surface area contributed by atoms with E-state index in [-0.39, 0.29) is 0 Å². The van der Waals surface area contributed by atoms with Gasteiger partial charge in [0.1, 0.15) is 4.99 Å². The topological polar surface area (TPSA) is 29.3 Å². The number of rotatable bonds is 4. The van der Waals surface area contributed by atoms with Crippen molar-refractivity contribution in [2.45, 2.75) is 13.5 Å². The van der Waals surface area contributed by atoms with Gasteiger partial charge in [-0.3, -0.25) is 0 Å². The van der Waals surface area contributed by atoms with Gasteiger partial charge in [-0.05, 0) is 36.2 Å². The number of anilines is 1. The van der Waals surface area contributed by atoms with Crippen LogP contribution >= 0.6 is 23.8 Å². The summed E-state index contributed by atoms with van der Waals surface area (Å²) in [5.41, 5.74) is 10.2. The van der Waals surface area contributed by atoms with Gasteiger partial charge in [-0.15, -0.1) is 0 Å². The van der Waals surface area contributed by atoms with Gasteiger partial charge in [0.05, 0.1) is 0 Å². The van der Waals surface area contributed by atoms with Crippen LogP contribution < -0.4 is 10.6 Å². The minimum Gasteiger partial charge on any atom is -0.389 e. The predicted molar refractivity (Wildman–Crippen MR) is 90.6 cm³/mol. The van der Waals surface area contributed by atoms with E-state index in [4.69, 9.17) is 29.6 Å². The third-order valence-corrected chi connectivity index (χ3v) is 3.69. The van der Waals surface area contributed by atoms with Crippen molar-refractivity contribution in [1.29, 1.82) is 0 Å². The Labute approximate surface area is 130 Å². The molecule has 2 aromatic rings. The largest absolute Gasteiger partial charge is 0.389 e. The molecule has 0 amide bonds. The molecule has 0 aromatic heterocycles. The lowest BCUT2D eigenvalue weighted by Crippen LogP contribution is -2.22. The molecule has 0 aliphatic rings. The van der Waals surface area contributed by atoms with E-state index in [0.29, 0.717) is 4.99 Å². The van der Waals surface area contributed by atoms with Crippen LogP contribution in [0.15, 0.2) is 42.5 Å². The number of nitrogens with zero attached hydrogens (tertiary/aromatic N) is 1. The van der Waals surface area contributed by atoms with Crippen LogP contribution in [0.3, 0.4) is 0 Å². The standard InChI is InChI=1S/C16H17ClN2S/c1-11-4-3-5-14(16(18)20)15(11)19(2)10-12-6-8-13(17)9-7-12/h3-9H,10H2,1-2H3,(H2,18,20). The molecule has 0 aliphatic heterocycles. The van der Waals surface area contributed by atoms with E-state index in [9.17, 15) is 0 Å². The Morgan fingerprint density at radius 1 is 1.20 bits per heavy atom. The zero-order chi connectivity index (χ0) is 14.7. The SMILES string of the molecule is Cc1cccc(C(N)=S)c1N(C)Cc1ccc(Cl)cc1. The molecule has 2 nitrogen and oxygen atoms in total. The van der Waals surface area contributed by atoms with Crippen molar-refractivity contribution in [3.8, 4) is 0 Å². The molecule has 0 aliphatic carbocycles. The van der Waals surface area contributed by atoms with Gasteiger partial charge < -0.3 is 10.6 Å². The first-order chi connectivity index (χ1) is 9.49. The zero-order valence-corrected chi connectivity index (χ0v) is 13.1. The summed E-state index contributed by atoms with van der Waals surface area (Å²) in [7, 11) is 2.04. The van der Waals surface area contributed by atoms with E-state index in [1.165, 1.54) is 5.56 Å². The molecule has 104 valence electrons. The molecule has 0 spiro atoms. The number of nitrogens with two attached hydrogens (primary N) is 1. The quantitative estimate of drug-likeness (QED) is 0.868. The second-order valence-corrected chi connectivity index (χ2v) is 5.69. The molecule has 0 saturated heterocycles. The van der Waals surface area contributed by atoms with Crippen LogP contribution in [0, 0.1) is 6.92 Å². The van der Waals surface area contributed by atoms with E-state index in [1.54, 1.807) is 0 Å². The number of hydrogen-bond acceptors (Lipinski definition) is 2. The highest BCUT2D eigenvalue weighted by atomic mass is 35.5. The Morgan fingerprint density at radius 3 is 2.45 bits per heavy atom. The van der Waals surface area contributed by atoms with Crippen LogP contribution in [0.5, 0.6) is 0 Å². The van der Waals surface area contributed by atoms with Crippen LogP contribution in [-0.2, 0) is 6.54 Å². The van der Waals surface area contributed by atoms with E-state index in [0.717, 1.165) is 28.4 Å². The fourth-order valence-electron chi connectivity index (χ4n) is 2.31. The zero-order valence-electron chi connectivity index (χ0n) is 11.6. The third kappa shape index (κ3) is 3.30. The Bertz CT molecular complexity index is 623. The van der Waals surface area contributed by atoms with Crippen molar-refractivity contribution in [2.24, 2.45) is 5.73 Å². The number of halogens is 1. The molecule has 2 N–H and O–H groups in total. The minimum atomic E-state index is 0.423. The van der Waals surface area contributed by atoms with Crippen molar-refractivity contribution in [3.05, 3.63) is 64.2 Å². The van der Waals surface area contributed by atoms with Crippen molar-refractivity contribution in [2.75, 3.05) is 11.9 Å². The highest BCUT2D eigenvalue weighted by Gasteiger charge is 2.12. The average Bonchev–Trinajstić information content (AvgIpc) is 2.40. The van der Waals surface area contributed by atoms with Gasteiger partial charge in [0.2, 0.25) is 0 Å². The van der Waals surface area contributed by atoms with Crippen molar-refractivity contribution in [1.82, 2.24) is 0 Å². The lowest BCUT2D eigenvalue weighted by molar-refractivity contribution is 0.916.